The molecule has 1 aliphatic rings. The lowest BCUT2D eigenvalue weighted by atomic mass is 10.2. The Morgan fingerprint density at radius 1 is 1.29 bits per heavy atom. The van der Waals surface area contributed by atoms with Gasteiger partial charge in [-0.15, -0.1) is 0 Å². The molecule has 1 aromatic carbocycles. The van der Waals surface area contributed by atoms with E-state index in [0.717, 1.165) is 12.8 Å². The second-order valence-corrected chi connectivity index (χ2v) is 7.34. The Hall–Kier alpha value is -2.33. The summed E-state index contributed by atoms with van der Waals surface area (Å²) in [4.78, 5) is 36.4. The van der Waals surface area contributed by atoms with Crippen molar-refractivity contribution < 1.29 is 24.4 Å². The number of carbonyl (C=O) groups excluding carboxylic acids is 2. The number of nitrogens with zero attached hydrogens (tertiary/aromatic N) is 2. The van der Waals surface area contributed by atoms with Crippen LogP contribution in [-0.2, 0) is 16.1 Å². The number of carbonyl (C=O) groups is 2. The monoisotopic (exact) mass is 411 g/mol. The summed E-state index contributed by atoms with van der Waals surface area (Å²) in [5, 5.41) is 22.1. The second-order valence-electron chi connectivity index (χ2n) is 6.61. The summed E-state index contributed by atoms with van der Waals surface area (Å²) >= 11 is 4.38. The fourth-order valence-electron chi connectivity index (χ4n) is 2.95. The number of nitro groups is 1. The number of benzene rings is 1. The molecule has 1 aromatic rings. The van der Waals surface area contributed by atoms with Gasteiger partial charge in [0.05, 0.1) is 4.92 Å². The summed E-state index contributed by atoms with van der Waals surface area (Å²) < 4.78 is 5.27. The third-order valence-electron chi connectivity index (χ3n) is 4.46. The van der Waals surface area contributed by atoms with E-state index in [0.29, 0.717) is 31.5 Å². The minimum Gasteiger partial charge on any atom is -0.445 e. The third-order valence-corrected chi connectivity index (χ3v) is 4.83. The van der Waals surface area contributed by atoms with E-state index in [1.54, 1.807) is 0 Å². The first-order valence-electron chi connectivity index (χ1n) is 9.15. The molecule has 0 aliphatic carbocycles. The highest BCUT2D eigenvalue weighted by Gasteiger charge is 2.39. The summed E-state index contributed by atoms with van der Waals surface area (Å²) in [5.74, 6) is -0.243. The van der Waals surface area contributed by atoms with Crippen LogP contribution in [0.3, 0.4) is 0 Å². The van der Waals surface area contributed by atoms with E-state index in [9.17, 15) is 19.7 Å². The highest BCUT2D eigenvalue weighted by atomic mass is 32.1. The first-order chi connectivity index (χ1) is 13.4. The summed E-state index contributed by atoms with van der Waals surface area (Å²) in [6.45, 7) is 0.884. The minimum absolute atomic E-state index is 0.0386. The molecule has 2 amide bonds. The largest absolute Gasteiger partial charge is 0.445 e. The molecule has 1 saturated heterocycles. The molecule has 9 nitrogen and oxygen atoms in total. The van der Waals surface area contributed by atoms with Gasteiger partial charge in [-0.2, -0.15) is 12.6 Å². The molecule has 1 aliphatic heterocycles. The van der Waals surface area contributed by atoms with Gasteiger partial charge in [-0.1, -0.05) is 0 Å². The van der Waals surface area contributed by atoms with Crippen molar-refractivity contribution in [3.8, 4) is 0 Å². The standard InChI is InChI=1S/C18H25N3O6S/c22-9-3-1-2-8-19-17(23)16-10-15(28)11-20(16)18(24)27-12-13-4-6-14(7-5-13)21(25)26/h4-7,15-16,22,28H,1-3,8-12H2,(H,19,23)/t15-,16-/m0/s1. The fourth-order valence-corrected chi connectivity index (χ4v) is 3.32. The van der Waals surface area contributed by atoms with Crippen molar-refractivity contribution in [2.75, 3.05) is 19.7 Å². The molecular weight excluding hydrogens is 386 g/mol. The predicted octanol–water partition coefficient (Wildman–Crippen LogP) is 1.88. The number of aliphatic hydroxyl groups is 1. The molecule has 1 fully saturated rings. The maximum Gasteiger partial charge on any atom is 0.410 e. The summed E-state index contributed by atoms with van der Waals surface area (Å²) in [5.41, 5.74) is 0.578. The smallest absolute Gasteiger partial charge is 0.410 e. The quantitative estimate of drug-likeness (QED) is 0.247. The van der Waals surface area contributed by atoms with Gasteiger partial charge < -0.3 is 15.2 Å². The van der Waals surface area contributed by atoms with Gasteiger partial charge in [0.25, 0.3) is 5.69 Å². The molecule has 28 heavy (non-hydrogen) atoms. The Kier molecular flexibility index (Phi) is 8.52. The van der Waals surface area contributed by atoms with E-state index < -0.39 is 17.1 Å². The molecule has 0 saturated carbocycles. The zero-order valence-corrected chi connectivity index (χ0v) is 16.3. The van der Waals surface area contributed by atoms with Crippen LogP contribution in [0, 0.1) is 10.1 Å². The van der Waals surface area contributed by atoms with Gasteiger partial charge in [0, 0.05) is 37.1 Å². The number of non-ortho nitro benzene ring substituents is 1. The third kappa shape index (κ3) is 6.38. The number of hydrogen-bond acceptors (Lipinski definition) is 7. The van der Waals surface area contributed by atoms with Crippen LogP contribution in [0.4, 0.5) is 10.5 Å². The molecule has 2 atom stereocenters. The van der Waals surface area contributed by atoms with Crippen LogP contribution in [0.25, 0.3) is 0 Å². The van der Waals surface area contributed by atoms with Crippen molar-refractivity contribution in [1.29, 1.82) is 0 Å². The molecule has 0 radical (unpaired) electrons. The van der Waals surface area contributed by atoms with Crippen LogP contribution in [0.15, 0.2) is 24.3 Å². The SMILES string of the molecule is O=C(NCCCCCO)[C@@H]1C[C@H](S)CN1C(=O)OCc1ccc([N+](=O)[O-])cc1. The van der Waals surface area contributed by atoms with Crippen LogP contribution in [0.1, 0.15) is 31.2 Å². The number of hydrogen-bond donors (Lipinski definition) is 3. The molecule has 2 N–H and O–H groups in total. The van der Waals surface area contributed by atoms with Crippen molar-refractivity contribution in [2.45, 2.75) is 43.6 Å². The van der Waals surface area contributed by atoms with E-state index in [2.05, 4.69) is 17.9 Å². The fraction of sp³-hybridized carbons (Fsp3) is 0.556. The van der Waals surface area contributed by atoms with Gasteiger partial charge in [0.15, 0.2) is 0 Å². The van der Waals surface area contributed by atoms with E-state index in [1.165, 1.54) is 29.2 Å². The maximum absolute atomic E-state index is 12.4. The van der Waals surface area contributed by atoms with Crippen LogP contribution in [0.2, 0.25) is 0 Å². The first kappa shape index (κ1) is 22.0. The van der Waals surface area contributed by atoms with Gasteiger partial charge in [0.2, 0.25) is 5.91 Å². The number of thiol groups is 1. The number of likely N-dealkylation sites (tertiary alicyclic amines) is 1. The highest BCUT2D eigenvalue weighted by Crippen LogP contribution is 2.23. The first-order valence-corrected chi connectivity index (χ1v) is 9.67. The summed E-state index contributed by atoms with van der Waals surface area (Å²) in [6.07, 6.45) is 2.10. The lowest BCUT2D eigenvalue weighted by Crippen LogP contribution is -2.46. The van der Waals surface area contributed by atoms with Crippen molar-refractivity contribution in [1.82, 2.24) is 10.2 Å². The number of rotatable bonds is 9. The summed E-state index contributed by atoms with van der Waals surface area (Å²) in [6, 6.07) is 5.09. The molecule has 10 heteroatoms. The van der Waals surface area contributed by atoms with E-state index in [1.807, 2.05) is 0 Å². The lowest BCUT2D eigenvalue weighted by Gasteiger charge is -2.23. The Balaban J connectivity index is 1.85. The number of amides is 2. The van der Waals surface area contributed by atoms with Crippen molar-refractivity contribution in [3.05, 3.63) is 39.9 Å². The topological polar surface area (TPSA) is 122 Å². The normalized spacial score (nSPS) is 18.7. The Morgan fingerprint density at radius 3 is 2.64 bits per heavy atom. The zero-order chi connectivity index (χ0) is 20.5. The average Bonchev–Trinajstić information content (AvgIpc) is 3.08. The van der Waals surface area contributed by atoms with Crippen LogP contribution in [0.5, 0.6) is 0 Å². The van der Waals surface area contributed by atoms with E-state index in [4.69, 9.17) is 9.84 Å². The second kappa shape index (κ2) is 10.9. The molecule has 0 bridgehead atoms. The number of ether oxygens (including phenoxy) is 1. The van der Waals surface area contributed by atoms with Gasteiger partial charge in [-0.3, -0.25) is 19.8 Å². The molecular formula is C18H25N3O6S. The molecule has 0 aromatic heterocycles. The van der Waals surface area contributed by atoms with Crippen LogP contribution in [-0.4, -0.2) is 57.9 Å². The molecule has 0 unspecified atom stereocenters. The molecule has 0 spiro atoms. The molecule has 2 rings (SSSR count). The van der Waals surface area contributed by atoms with Crippen molar-refractivity contribution in [3.63, 3.8) is 0 Å². The predicted molar refractivity (Wildman–Crippen MR) is 105 cm³/mol. The maximum atomic E-state index is 12.4. The number of nitrogens with one attached hydrogen (secondary N) is 1. The molecule has 154 valence electrons. The van der Waals surface area contributed by atoms with Crippen molar-refractivity contribution >= 4 is 30.3 Å². The Labute approximate surface area is 168 Å². The average molecular weight is 411 g/mol. The Morgan fingerprint density at radius 2 is 2.00 bits per heavy atom. The highest BCUT2D eigenvalue weighted by molar-refractivity contribution is 7.81. The van der Waals surface area contributed by atoms with Gasteiger partial charge in [-0.25, -0.2) is 4.79 Å². The van der Waals surface area contributed by atoms with E-state index >= 15 is 0 Å². The summed E-state index contributed by atoms with van der Waals surface area (Å²) in [7, 11) is 0. The van der Waals surface area contributed by atoms with Gasteiger partial charge in [-0.05, 0) is 43.4 Å². The number of unbranched alkanes of at least 4 members (excludes halogenated alkanes) is 2. The zero-order valence-electron chi connectivity index (χ0n) is 15.5. The van der Waals surface area contributed by atoms with E-state index in [-0.39, 0.29) is 30.1 Å². The number of aliphatic hydroxyl groups excluding tert-OH is 1. The Bertz CT molecular complexity index is 684. The van der Waals surface area contributed by atoms with Crippen molar-refractivity contribution in [2.24, 2.45) is 0 Å². The van der Waals surface area contributed by atoms with Gasteiger partial charge in [0.1, 0.15) is 12.6 Å². The number of nitro benzene ring substituents is 1. The van der Waals surface area contributed by atoms with Crippen LogP contribution >= 0.6 is 12.6 Å². The van der Waals surface area contributed by atoms with Gasteiger partial charge >= 0.3 is 6.09 Å². The van der Waals surface area contributed by atoms with Crippen LogP contribution < -0.4 is 5.32 Å². The minimum atomic E-state index is -0.635. The lowest BCUT2D eigenvalue weighted by molar-refractivity contribution is -0.384. The molecule has 1 heterocycles.